The first kappa shape index (κ1) is 13.8. The lowest BCUT2D eigenvalue weighted by molar-refractivity contribution is -0.150. The van der Waals surface area contributed by atoms with E-state index < -0.39 is 18.0 Å². The Kier molecular flexibility index (Phi) is 4.78. The standard InChI is InChI=1S/C11H11Cl2NO3/c1-6(17-7(2)15)11(16)14-10-4-3-8(12)5-9(10)13/h3-6H,1-2H3,(H,14,16)/t6-/m0/s1. The molecule has 1 N–H and O–H groups in total. The van der Waals surface area contributed by atoms with Crippen LogP contribution in [0.4, 0.5) is 5.69 Å². The molecule has 0 radical (unpaired) electrons. The van der Waals surface area contributed by atoms with Crippen LogP contribution in [0.3, 0.4) is 0 Å². The summed E-state index contributed by atoms with van der Waals surface area (Å²) in [6.45, 7) is 2.71. The number of ether oxygens (including phenoxy) is 1. The molecule has 0 aliphatic carbocycles. The predicted molar refractivity (Wildman–Crippen MR) is 66.3 cm³/mol. The second kappa shape index (κ2) is 5.89. The van der Waals surface area contributed by atoms with E-state index in [0.29, 0.717) is 15.7 Å². The van der Waals surface area contributed by atoms with Crippen LogP contribution in [0.15, 0.2) is 18.2 Å². The first-order valence-corrected chi connectivity index (χ1v) is 5.59. The first-order chi connectivity index (χ1) is 7.90. The van der Waals surface area contributed by atoms with Crippen molar-refractivity contribution in [1.82, 2.24) is 0 Å². The van der Waals surface area contributed by atoms with Crippen molar-refractivity contribution < 1.29 is 14.3 Å². The van der Waals surface area contributed by atoms with E-state index >= 15 is 0 Å². The summed E-state index contributed by atoms with van der Waals surface area (Å²) in [5.41, 5.74) is 0.417. The van der Waals surface area contributed by atoms with Crippen molar-refractivity contribution in [3.05, 3.63) is 28.2 Å². The third-order valence-corrected chi connectivity index (χ3v) is 2.45. The number of rotatable bonds is 3. The Balaban J connectivity index is 2.71. The zero-order valence-electron chi connectivity index (χ0n) is 9.29. The fourth-order valence-corrected chi connectivity index (χ4v) is 1.58. The summed E-state index contributed by atoms with van der Waals surface area (Å²) in [7, 11) is 0. The highest BCUT2D eigenvalue weighted by molar-refractivity contribution is 6.36. The van der Waals surface area contributed by atoms with E-state index in [0.717, 1.165) is 0 Å². The van der Waals surface area contributed by atoms with Crippen LogP contribution in [-0.4, -0.2) is 18.0 Å². The number of halogens is 2. The molecular formula is C11H11Cl2NO3. The van der Waals surface area contributed by atoms with Crippen molar-refractivity contribution in [2.24, 2.45) is 0 Å². The minimum absolute atomic E-state index is 0.320. The molecule has 0 spiro atoms. The Hall–Kier alpha value is -1.26. The molecule has 0 bridgehead atoms. The number of anilines is 1. The van der Waals surface area contributed by atoms with E-state index in [-0.39, 0.29) is 0 Å². The minimum Gasteiger partial charge on any atom is -0.453 e. The molecule has 0 aliphatic heterocycles. The lowest BCUT2D eigenvalue weighted by Gasteiger charge is -2.13. The van der Waals surface area contributed by atoms with Crippen molar-refractivity contribution in [3.63, 3.8) is 0 Å². The molecule has 1 aromatic rings. The highest BCUT2D eigenvalue weighted by Crippen LogP contribution is 2.25. The van der Waals surface area contributed by atoms with Crippen LogP contribution in [-0.2, 0) is 14.3 Å². The summed E-state index contributed by atoms with van der Waals surface area (Å²) in [6.07, 6.45) is -0.876. The second-order valence-corrected chi connectivity index (χ2v) is 4.21. The molecule has 1 amide bonds. The fourth-order valence-electron chi connectivity index (χ4n) is 1.13. The van der Waals surface area contributed by atoms with Gasteiger partial charge in [0.2, 0.25) is 0 Å². The number of benzene rings is 1. The van der Waals surface area contributed by atoms with Gasteiger partial charge in [0.1, 0.15) is 0 Å². The topological polar surface area (TPSA) is 55.4 Å². The summed E-state index contributed by atoms with van der Waals surface area (Å²) in [4.78, 5) is 22.3. The first-order valence-electron chi connectivity index (χ1n) is 4.83. The lowest BCUT2D eigenvalue weighted by atomic mass is 10.3. The van der Waals surface area contributed by atoms with Gasteiger partial charge in [-0.3, -0.25) is 9.59 Å². The monoisotopic (exact) mass is 275 g/mol. The summed E-state index contributed by atoms with van der Waals surface area (Å²) >= 11 is 11.6. The zero-order chi connectivity index (χ0) is 13.0. The summed E-state index contributed by atoms with van der Waals surface area (Å²) < 4.78 is 4.73. The summed E-state index contributed by atoms with van der Waals surface area (Å²) in [5, 5.41) is 3.33. The molecular weight excluding hydrogens is 265 g/mol. The van der Waals surface area contributed by atoms with Crippen LogP contribution in [0.5, 0.6) is 0 Å². The van der Waals surface area contributed by atoms with E-state index in [1.54, 1.807) is 12.1 Å². The minimum atomic E-state index is -0.876. The van der Waals surface area contributed by atoms with Gasteiger partial charge in [0.15, 0.2) is 6.10 Å². The SMILES string of the molecule is CC(=O)O[C@@H](C)C(=O)Nc1ccc(Cl)cc1Cl. The Bertz CT molecular complexity index is 448. The Morgan fingerprint density at radius 2 is 2.00 bits per heavy atom. The van der Waals surface area contributed by atoms with Crippen LogP contribution in [0.2, 0.25) is 10.0 Å². The third-order valence-electron chi connectivity index (χ3n) is 1.90. The number of amides is 1. The molecule has 4 nitrogen and oxygen atoms in total. The van der Waals surface area contributed by atoms with Crippen LogP contribution < -0.4 is 5.32 Å². The van der Waals surface area contributed by atoms with Crippen molar-refractivity contribution >= 4 is 40.8 Å². The van der Waals surface area contributed by atoms with E-state index in [4.69, 9.17) is 27.9 Å². The van der Waals surface area contributed by atoms with Crippen molar-refractivity contribution in [2.45, 2.75) is 20.0 Å². The van der Waals surface area contributed by atoms with Crippen molar-refractivity contribution in [2.75, 3.05) is 5.32 Å². The van der Waals surface area contributed by atoms with Gasteiger partial charge in [-0.2, -0.15) is 0 Å². The molecule has 1 atom stereocenters. The number of hydrogen-bond donors (Lipinski definition) is 1. The normalized spacial score (nSPS) is 11.8. The average molecular weight is 276 g/mol. The maximum atomic E-state index is 11.6. The van der Waals surface area contributed by atoms with Gasteiger partial charge in [-0.1, -0.05) is 23.2 Å². The molecule has 0 unspecified atom stereocenters. The van der Waals surface area contributed by atoms with Gasteiger partial charge in [0.25, 0.3) is 5.91 Å². The number of nitrogens with one attached hydrogen (secondary N) is 1. The molecule has 17 heavy (non-hydrogen) atoms. The summed E-state index contributed by atoms with van der Waals surface area (Å²) in [6, 6.07) is 4.68. The van der Waals surface area contributed by atoms with Gasteiger partial charge < -0.3 is 10.1 Å². The van der Waals surface area contributed by atoms with E-state index in [1.165, 1.54) is 19.9 Å². The molecule has 1 rings (SSSR count). The number of hydrogen-bond acceptors (Lipinski definition) is 3. The highest BCUT2D eigenvalue weighted by Gasteiger charge is 2.16. The maximum absolute atomic E-state index is 11.6. The van der Waals surface area contributed by atoms with Gasteiger partial charge in [-0.25, -0.2) is 0 Å². The fraction of sp³-hybridized carbons (Fsp3) is 0.273. The van der Waals surface area contributed by atoms with Crippen LogP contribution in [0.1, 0.15) is 13.8 Å². The third kappa shape index (κ3) is 4.24. The average Bonchev–Trinajstić information content (AvgIpc) is 2.21. The van der Waals surface area contributed by atoms with E-state index in [2.05, 4.69) is 5.32 Å². The Morgan fingerprint density at radius 1 is 1.35 bits per heavy atom. The molecule has 0 heterocycles. The molecule has 1 aromatic carbocycles. The van der Waals surface area contributed by atoms with Gasteiger partial charge in [0.05, 0.1) is 10.7 Å². The lowest BCUT2D eigenvalue weighted by Crippen LogP contribution is -2.29. The maximum Gasteiger partial charge on any atom is 0.303 e. The van der Waals surface area contributed by atoms with Crippen LogP contribution in [0.25, 0.3) is 0 Å². The van der Waals surface area contributed by atoms with Crippen molar-refractivity contribution in [3.8, 4) is 0 Å². The van der Waals surface area contributed by atoms with Gasteiger partial charge in [0, 0.05) is 11.9 Å². The molecule has 0 fully saturated rings. The molecule has 0 aliphatic rings. The molecule has 0 aromatic heterocycles. The quantitative estimate of drug-likeness (QED) is 0.863. The highest BCUT2D eigenvalue weighted by atomic mass is 35.5. The molecule has 6 heteroatoms. The summed E-state index contributed by atoms with van der Waals surface area (Å²) in [5.74, 6) is -0.973. The second-order valence-electron chi connectivity index (χ2n) is 3.37. The van der Waals surface area contributed by atoms with E-state index in [9.17, 15) is 9.59 Å². The number of esters is 1. The molecule has 92 valence electrons. The predicted octanol–water partition coefficient (Wildman–Crippen LogP) is 2.88. The van der Waals surface area contributed by atoms with Crippen molar-refractivity contribution in [1.29, 1.82) is 0 Å². The Morgan fingerprint density at radius 3 is 2.53 bits per heavy atom. The van der Waals surface area contributed by atoms with Crippen LogP contribution in [0, 0.1) is 0 Å². The number of carbonyl (C=O) groups is 2. The Labute approximate surface area is 109 Å². The largest absolute Gasteiger partial charge is 0.453 e. The van der Waals surface area contributed by atoms with E-state index in [1.807, 2.05) is 0 Å². The molecule has 0 saturated carbocycles. The van der Waals surface area contributed by atoms with Gasteiger partial charge >= 0.3 is 5.97 Å². The molecule has 0 saturated heterocycles. The number of carbonyl (C=O) groups excluding carboxylic acids is 2. The smallest absolute Gasteiger partial charge is 0.303 e. The van der Waals surface area contributed by atoms with Crippen LogP contribution >= 0.6 is 23.2 Å². The zero-order valence-corrected chi connectivity index (χ0v) is 10.8. The van der Waals surface area contributed by atoms with Gasteiger partial charge in [-0.15, -0.1) is 0 Å². The van der Waals surface area contributed by atoms with Gasteiger partial charge in [-0.05, 0) is 25.1 Å².